The van der Waals surface area contributed by atoms with Gasteiger partial charge in [-0.1, -0.05) is 29.8 Å². The summed E-state index contributed by atoms with van der Waals surface area (Å²) < 4.78 is 0. The predicted octanol–water partition coefficient (Wildman–Crippen LogP) is 3.76. The lowest BCUT2D eigenvalue weighted by Gasteiger charge is -1.90. The number of nitrogens with zero attached hydrogens (tertiary/aromatic N) is 1. The van der Waals surface area contributed by atoms with Gasteiger partial charge in [-0.2, -0.15) is 5.26 Å². The highest BCUT2D eigenvalue weighted by molar-refractivity contribution is 6.29. The summed E-state index contributed by atoms with van der Waals surface area (Å²) in [5.41, 5.74) is 1.04. The zero-order chi connectivity index (χ0) is 10.1. The van der Waals surface area contributed by atoms with Gasteiger partial charge in [0.05, 0.1) is 12.5 Å². The third-order valence-electron chi connectivity index (χ3n) is 1.43. The lowest BCUT2D eigenvalue weighted by molar-refractivity contribution is 1.23. The summed E-state index contributed by atoms with van der Waals surface area (Å²) in [6.07, 6.45) is 10.3. The minimum atomic E-state index is 0.467. The summed E-state index contributed by atoms with van der Waals surface area (Å²) in [7, 11) is 0. The van der Waals surface area contributed by atoms with Crippen LogP contribution in [-0.4, -0.2) is 6.38 Å². The van der Waals surface area contributed by atoms with Crippen LogP contribution in [0.4, 0.5) is 0 Å². The molecule has 13 heavy (non-hydrogen) atoms. The molecule has 70 valence electrons. The first-order valence-electron chi connectivity index (χ1n) is 3.79. The van der Waals surface area contributed by atoms with Gasteiger partial charge in [0.1, 0.15) is 0 Å². The standard InChI is InChI=1S/C9H8ClN.CH3Cl/c10-9-3-1-2-8(4-5-9)6-7-11;1-2/h1-4H,5-6H2;1H3. The van der Waals surface area contributed by atoms with Crippen LogP contribution >= 0.6 is 23.2 Å². The molecule has 0 aromatic rings. The van der Waals surface area contributed by atoms with Gasteiger partial charge in [-0.3, -0.25) is 0 Å². The molecule has 1 rings (SSSR count). The van der Waals surface area contributed by atoms with Crippen molar-refractivity contribution >= 4 is 23.2 Å². The van der Waals surface area contributed by atoms with E-state index in [1.165, 1.54) is 6.38 Å². The number of halogens is 2. The van der Waals surface area contributed by atoms with Crippen LogP contribution in [0.2, 0.25) is 0 Å². The molecular weight excluding hydrogens is 205 g/mol. The molecule has 1 nitrogen and oxygen atoms in total. The Morgan fingerprint density at radius 1 is 1.54 bits per heavy atom. The molecule has 0 atom stereocenters. The largest absolute Gasteiger partial charge is 0.198 e. The van der Waals surface area contributed by atoms with Crippen molar-refractivity contribution in [3.63, 3.8) is 0 Å². The van der Waals surface area contributed by atoms with E-state index in [9.17, 15) is 0 Å². The van der Waals surface area contributed by atoms with Crippen LogP contribution in [0.25, 0.3) is 0 Å². The predicted molar refractivity (Wildman–Crippen MR) is 57.8 cm³/mol. The second-order valence-electron chi connectivity index (χ2n) is 2.29. The molecule has 0 saturated heterocycles. The van der Waals surface area contributed by atoms with Crippen LogP contribution in [0, 0.1) is 11.3 Å². The summed E-state index contributed by atoms with van der Waals surface area (Å²) in [5, 5.41) is 9.22. The Morgan fingerprint density at radius 3 is 2.85 bits per heavy atom. The van der Waals surface area contributed by atoms with Crippen molar-refractivity contribution in [3.05, 3.63) is 34.9 Å². The molecular formula is C10H11Cl2N. The molecule has 0 unspecified atom stereocenters. The summed E-state index contributed by atoms with van der Waals surface area (Å²) in [6, 6.07) is 2.09. The van der Waals surface area contributed by atoms with Crippen molar-refractivity contribution in [2.24, 2.45) is 0 Å². The Balaban J connectivity index is 0.000000671. The van der Waals surface area contributed by atoms with Crippen molar-refractivity contribution < 1.29 is 0 Å². The van der Waals surface area contributed by atoms with Gasteiger partial charge in [0.15, 0.2) is 0 Å². The number of nitriles is 1. The van der Waals surface area contributed by atoms with Crippen LogP contribution < -0.4 is 0 Å². The lowest BCUT2D eigenvalue weighted by atomic mass is 10.2. The number of rotatable bonds is 1. The maximum absolute atomic E-state index is 8.40. The third-order valence-corrected chi connectivity index (χ3v) is 1.71. The van der Waals surface area contributed by atoms with E-state index in [-0.39, 0.29) is 0 Å². The minimum Gasteiger partial charge on any atom is -0.198 e. The first-order valence-corrected chi connectivity index (χ1v) is 4.93. The average molecular weight is 216 g/mol. The summed E-state index contributed by atoms with van der Waals surface area (Å²) >= 11 is 10.4. The fraction of sp³-hybridized carbons (Fsp3) is 0.300. The SMILES string of the molecule is CCl.N#CCC1=CCC(Cl)=CC=C1. The van der Waals surface area contributed by atoms with Gasteiger partial charge in [0.2, 0.25) is 0 Å². The maximum Gasteiger partial charge on any atom is 0.0669 e. The second kappa shape index (κ2) is 7.91. The zero-order valence-corrected chi connectivity index (χ0v) is 8.94. The molecule has 0 bridgehead atoms. The number of hydrogen-bond donors (Lipinski definition) is 0. The van der Waals surface area contributed by atoms with Crippen molar-refractivity contribution in [2.75, 3.05) is 6.38 Å². The van der Waals surface area contributed by atoms with Crippen LogP contribution in [0.5, 0.6) is 0 Å². The van der Waals surface area contributed by atoms with Crippen molar-refractivity contribution in [2.45, 2.75) is 12.8 Å². The van der Waals surface area contributed by atoms with Crippen molar-refractivity contribution in [1.82, 2.24) is 0 Å². The number of hydrogen-bond acceptors (Lipinski definition) is 1. The Kier molecular flexibility index (Phi) is 7.48. The van der Waals surface area contributed by atoms with Crippen molar-refractivity contribution in [3.8, 4) is 6.07 Å². The van der Waals surface area contributed by atoms with E-state index in [2.05, 4.69) is 17.7 Å². The maximum atomic E-state index is 8.40. The van der Waals surface area contributed by atoms with E-state index >= 15 is 0 Å². The Labute approximate surface area is 89.0 Å². The molecule has 0 radical (unpaired) electrons. The highest BCUT2D eigenvalue weighted by Crippen LogP contribution is 2.16. The Bertz CT molecular complexity index is 269. The van der Waals surface area contributed by atoms with Crippen LogP contribution in [-0.2, 0) is 0 Å². The molecule has 0 fully saturated rings. The molecule has 1 aliphatic rings. The molecule has 0 heterocycles. The van der Waals surface area contributed by atoms with Gasteiger partial charge < -0.3 is 0 Å². The lowest BCUT2D eigenvalue weighted by Crippen LogP contribution is -1.74. The molecule has 1 aliphatic carbocycles. The molecule has 0 amide bonds. The number of allylic oxidation sites excluding steroid dienone is 6. The average Bonchev–Trinajstić information content (AvgIpc) is 2.36. The summed E-state index contributed by atoms with van der Waals surface area (Å²) in [6.45, 7) is 0. The van der Waals surface area contributed by atoms with Gasteiger partial charge in [-0.25, -0.2) is 0 Å². The minimum absolute atomic E-state index is 0.467. The molecule has 0 N–H and O–H groups in total. The van der Waals surface area contributed by atoms with Crippen LogP contribution in [0.3, 0.4) is 0 Å². The fourth-order valence-corrected chi connectivity index (χ4v) is 1.01. The van der Waals surface area contributed by atoms with E-state index < -0.39 is 0 Å². The summed E-state index contributed by atoms with van der Waals surface area (Å²) in [5.74, 6) is 0. The molecule has 0 saturated carbocycles. The molecule has 0 aliphatic heterocycles. The first kappa shape index (κ1) is 12.3. The normalized spacial score (nSPS) is 14.3. The van der Waals surface area contributed by atoms with Gasteiger partial charge in [0.25, 0.3) is 0 Å². The van der Waals surface area contributed by atoms with Gasteiger partial charge in [0, 0.05) is 17.8 Å². The summed E-state index contributed by atoms with van der Waals surface area (Å²) in [4.78, 5) is 0. The topological polar surface area (TPSA) is 23.8 Å². The third kappa shape index (κ3) is 5.52. The van der Waals surface area contributed by atoms with Crippen LogP contribution in [0.1, 0.15) is 12.8 Å². The smallest absolute Gasteiger partial charge is 0.0669 e. The molecule has 0 aromatic carbocycles. The quantitative estimate of drug-likeness (QED) is 0.612. The molecule has 3 heteroatoms. The zero-order valence-electron chi connectivity index (χ0n) is 7.43. The highest BCUT2D eigenvalue weighted by atomic mass is 35.5. The van der Waals surface area contributed by atoms with E-state index in [4.69, 9.17) is 16.9 Å². The van der Waals surface area contributed by atoms with Crippen LogP contribution in [0.15, 0.2) is 34.9 Å². The second-order valence-corrected chi connectivity index (χ2v) is 2.78. The Hall–Kier alpha value is -0.710. The Morgan fingerprint density at radius 2 is 2.23 bits per heavy atom. The van der Waals surface area contributed by atoms with E-state index in [0.717, 1.165) is 17.0 Å². The van der Waals surface area contributed by atoms with Gasteiger partial charge in [-0.15, -0.1) is 11.6 Å². The monoisotopic (exact) mass is 215 g/mol. The fourth-order valence-electron chi connectivity index (χ4n) is 0.863. The van der Waals surface area contributed by atoms with E-state index in [1.54, 1.807) is 0 Å². The van der Waals surface area contributed by atoms with E-state index in [0.29, 0.717) is 6.42 Å². The van der Waals surface area contributed by atoms with Gasteiger partial charge in [-0.05, 0) is 11.6 Å². The number of alkyl halides is 1. The van der Waals surface area contributed by atoms with E-state index in [1.807, 2.05) is 24.3 Å². The van der Waals surface area contributed by atoms with Gasteiger partial charge >= 0.3 is 0 Å². The first-order chi connectivity index (χ1) is 6.33. The highest BCUT2D eigenvalue weighted by Gasteiger charge is 1.95. The van der Waals surface area contributed by atoms with Crippen molar-refractivity contribution in [1.29, 1.82) is 5.26 Å². The molecule has 0 spiro atoms. The molecule has 0 aromatic heterocycles.